The number of thiazole rings is 1. The van der Waals surface area contributed by atoms with E-state index in [1.54, 1.807) is 30.5 Å². The summed E-state index contributed by atoms with van der Waals surface area (Å²) < 4.78 is 2.02. The number of benzene rings is 1. The third-order valence-electron chi connectivity index (χ3n) is 3.60. The SMILES string of the molecule is C=CCn1c(-c2ccc(Cl)cc2)cs\c1=N/N=C/C=C/c1ccc([N+](=O)[O-])s1. The number of rotatable bonds is 7. The van der Waals surface area contributed by atoms with E-state index in [1.807, 2.05) is 34.2 Å². The van der Waals surface area contributed by atoms with Crippen molar-refractivity contribution in [2.75, 3.05) is 0 Å². The Morgan fingerprint density at radius 2 is 2.04 bits per heavy atom. The fourth-order valence-corrected chi connectivity index (χ4v) is 4.09. The molecule has 9 heteroatoms. The zero-order valence-corrected chi connectivity index (χ0v) is 17.0. The number of hydrogen-bond donors (Lipinski definition) is 0. The smallest absolute Gasteiger partial charge is 0.311 e. The molecule has 2 heterocycles. The van der Waals surface area contributed by atoms with Gasteiger partial charge in [0.05, 0.1) is 10.6 Å². The summed E-state index contributed by atoms with van der Waals surface area (Å²) in [6.07, 6.45) is 6.80. The predicted molar refractivity (Wildman–Crippen MR) is 117 cm³/mol. The molecule has 3 rings (SSSR count). The molecule has 1 aromatic carbocycles. The normalized spacial score (nSPS) is 12.2. The van der Waals surface area contributed by atoms with Crippen LogP contribution in [0, 0.1) is 10.1 Å². The highest BCUT2D eigenvalue weighted by Gasteiger charge is 2.08. The Morgan fingerprint density at radius 1 is 1.25 bits per heavy atom. The third kappa shape index (κ3) is 4.92. The first-order chi connectivity index (χ1) is 13.6. The molecule has 0 radical (unpaired) electrons. The molecule has 2 aromatic heterocycles. The summed E-state index contributed by atoms with van der Waals surface area (Å²) >= 11 is 8.55. The van der Waals surface area contributed by atoms with Crippen molar-refractivity contribution < 1.29 is 4.92 Å². The second-order valence-corrected chi connectivity index (χ2v) is 7.83. The molecule has 0 fully saturated rings. The van der Waals surface area contributed by atoms with Crippen LogP contribution in [0.3, 0.4) is 0 Å². The Morgan fingerprint density at radius 3 is 2.71 bits per heavy atom. The van der Waals surface area contributed by atoms with Crippen LogP contribution in [0.1, 0.15) is 4.88 Å². The minimum Gasteiger partial charge on any atom is -0.311 e. The van der Waals surface area contributed by atoms with E-state index >= 15 is 0 Å². The summed E-state index contributed by atoms with van der Waals surface area (Å²) in [4.78, 5) is 11.8. The van der Waals surface area contributed by atoms with Gasteiger partial charge >= 0.3 is 5.00 Å². The van der Waals surface area contributed by atoms with Gasteiger partial charge in [-0.1, -0.05) is 41.1 Å². The Bertz CT molecular complexity index is 1110. The van der Waals surface area contributed by atoms with E-state index in [2.05, 4.69) is 16.8 Å². The molecule has 0 bridgehead atoms. The van der Waals surface area contributed by atoms with Crippen molar-refractivity contribution in [3.05, 3.63) is 85.3 Å². The lowest BCUT2D eigenvalue weighted by molar-refractivity contribution is -0.380. The van der Waals surface area contributed by atoms with E-state index < -0.39 is 4.92 Å². The summed E-state index contributed by atoms with van der Waals surface area (Å²) in [6, 6.07) is 10.8. The van der Waals surface area contributed by atoms with Crippen LogP contribution < -0.4 is 4.80 Å². The van der Waals surface area contributed by atoms with E-state index in [4.69, 9.17) is 11.6 Å². The number of aromatic nitrogens is 1. The van der Waals surface area contributed by atoms with Gasteiger partial charge in [-0.05, 0) is 35.9 Å². The van der Waals surface area contributed by atoms with Crippen molar-refractivity contribution in [1.29, 1.82) is 0 Å². The first kappa shape index (κ1) is 19.9. The van der Waals surface area contributed by atoms with Crippen molar-refractivity contribution in [2.45, 2.75) is 6.54 Å². The number of halogens is 1. The maximum absolute atomic E-state index is 10.7. The highest BCUT2D eigenvalue weighted by Crippen LogP contribution is 2.24. The van der Waals surface area contributed by atoms with E-state index in [1.165, 1.54) is 17.4 Å². The van der Waals surface area contributed by atoms with Gasteiger partial charge in [0.1, 0.15) is 0 Å². The molecule has 0 amide bonds. The number of nitrogens with zero attached hydrogens (tertiary/aromatic N) is 4. The summed E-state index contributed by atoms with van der Waals surface area (Å²) in [6.45, 7) is 4.41. The first-order valence-corrected chi connectivity index (χ1v) is 10.2. The highest BCUT2D eigenvalue weighted by atomic mass is 35.5. The Hall–Kier alpha value is -2.81. The van der Waals surface area contributed by atoms with Crippen LogP contribution >= 0.6 is 34.3 Å². The molecule has 6 nitrogen and oxygen atoms in total. The molecule has 0 atom stereocenters. The van der Waals surface area contributed by atoms with E-state index in [0.717, 1.165) is 32.3 Å². The van der Waals surface area contributed by atoms with Gasteiger partial charge in [-0.25, -0.2) is 0 Å². The van der Waals surface area contributed by atoms with Gasteiger partial charge < -0.3 is 4.57 Å². The Balaban J connectivity index is 1.80. The van der Waals surface area contributed by atoms with Gasteiger partial charge in [-0.3, -0.25) is 10.1 Å². The minimum atomic E-state index is -0.404. The van der Waals surface area contributed by atoms with Gasteiger partial charge in [-0.15, -0.1) is 23.0 Å². The van der Waals surface area contributed by atoms with E-state index in [-0.39, 0.29) is 5.00 Å². The minimum absolute atomic E-state index is 0.111. The van der Waals surface area contributed by atoms with Crippen molar-refractivity contribution in [1.82, 2.24) is 4.57 Å². The fraction of sp³-hybridized carbons (Fsp3) is 0.0526. The summed E-state index contributed by atoms with van der Waals surface area (Å²) in [7, 11) is 0. The second kappa shape index (κ2) is 9.41. The number of nitro groups is 1. The number of thiophene rings is 1. The molecule has 0 N–H and O–H groups in total. The van der Waals surface area contributed by atoms with Crippen molar-refractivity contribution in [3.8, 4) is 11.3 Å². The van der Waals surface area contributed by atoms with Gasteiger partial charge in [0, 0.05) is 34.1 Å². The van der Waals surface area contributed by atoms with E-state index in [0.29, 0.717) is 11.6 Å². The molecule has 0 saturated heterocycles. The summed E-state index contributed by atoms with van der Waals surface area (Å²) in [5.41, 5.74) is 2.05. The molecule has 0 aliphatic rings. The Labute approximate surface area is 174 Å². The maximum Gasteiger partial charge on any atom is 0.324 e. The van der Waals surface area contributed by atoms with Gasteiger partial charge in [-0.2, -0.15) is 5.10 Å². The molecule has 0 aliphatic carbocycles. The zero-order chi connectivity index (χ0) is 19.9. The molecule has 0 aliphatic heterocycles. The standard InChI is InChI=1S/C19H15ClN4O2S2/c1-2-12-23-17(14-5-7-15(20)8-6-14)13-27-19(23)22-21-11-3-4-16-9-10-18(28-16)24(25)26/h2-11,13H,1,12H2/b4-3+,21-11+,22-19-. The molecule has 142 valence electrons. The lowest BCUT2D eigenvalue weighted by Crippen LogP contribution is -2.14. The van der Waals surface area contributed by atoms with Crippen LogP contribution in [-0.2, 0) is 6.54 Å². The maximum atomic E-state index is 10.7. The number of allylic oxidation sites excluding steroid dienone is 2. The lowest BCUT2D eigenvalue weighted by atomic mass is 10.2. The zero-order valence-electron chi connectivity index (χ0n) is 14.6. The monoisotopic (exact) mass is 430 g/mol. The molecule has 28 heavy (non-hydrogen) atoms. The quantitative estimate of drug-likeness (QED) is 0.211. The van der Waals surface area contributed by atoms with E-state index in [9.17, 15) is 10.1 Å². The molecule has 3 aromatic rings. The molecular weight excluding hydrogens is 416 g/mol. The van der Waals surface area contributed by atoms with Crippen LogP contribution in [0.5, 0.6) is 0 Å². The third-order valence-corrected chi connectivity index (χ3v) is 5.71. The lowest BCUT2D eigenvalue weighted by Gasteiger charge is -2.06. The topological polar surface area (TPSA) is 72.8 Å². The Kier molecular flexibility index (Phi) is 6.70. The van der Waals surface area contributed by atoms with Gasteiger partial charge in [0.25, 0.3) is 0 Å². The summed E-state index contributed by atoms with van der Waals surface area (Å²) in [5.74, 6) is 0. The average Bonchev–Trinajstić information content (AvgIpc) is 3.30. The van der Waals surface area contributed by atoms with Crippen molar-refractivity contribution >= 4 is 51.6 Å². The predicted octanol–water partition coefficient (Wildman–Crippen LogP) is 5.63. The molecule has 0 unspecified atom stereocenters. The fourth-order valence-electron chi connectivity index (χ4n) is 2.36. The average molecular weight is 431 g/mol. The molecular formula is C19H15ClN4O2S2. The number of hydrogen-bond acceptors (Lipinski definition) is 6. The second-order valence-electron chi connectivity index (χ2n) is 5.47. The van der Waals surface area contributed by atoms with Crippen LogP contribution in [0.4, 0.5) is 5.00 Å². The van der Waals surface area contributed by atoms with Crippen LogP contribution in [-0.4, -0.2) is 15.7 Å². The largest absolute Gasteiger partial charge is 0.324 e. The van der Waals surface area contributed by atoms with Crippen LogP contribution in [0.25, 0.3) is 17.3 Å². The van der Waals surface area contributed by atoms with Crippen molar-refractivity contribution in [3.63, 3.8) is 0 Å². The summed E-state index contributed by atoms with van der Waals surface area (Å²) in [5, 5.41) is 21.9. The highest BCUT2D eigenvalue weighted by molar-refractivity contribution is 7.16. The van der Waals surface area contributed by atoms with Crippen LogP contribution in [0.2, 0.25) is 5.02 Å². The first-order valence-electron chi connectivity index (χ1n) is 8.11. The molecule has 0 spiro atoms. The van der Waals surface area contributed by atoms with Gasteiger partial charge in [0.15, 0.2) is 0 Å². The van der Waals surface area contributed by atoms with Gasteiger partial charge in [0.2, 0.25) is 4.80 Å². The van der Waals surface area contributed by atoms with Crippen molar-refractivity contribution in [2.24, 2.45) is 10.2 Å². The molecule has 0 saturated carbocycles. The van der Waals surface area contributed by atoms with Crippen LogP contribution in [0.15, 0.2) is 70.7 Å².